The normalized spacial score (nSPS) is 35.4. The lowest BCUT2D eigenvalue weighted by molar-refractivity contribution is -0.0625. The summed E-state index contributed by atoms with van der Waals surface area (Å²) in [6.45, 7) is -4.68. The molecule has 0 spiro atoms. The predicted octanol–water partition coefficient (Wildman–Crippen LogP) is 1.04. The number of ether oxygens (including phenoxy) is 2. The number of nitrogens with one attached hydrogen (secondary N) is 1. The van der Waals surface area contributed by atoms with Crippen LogP contribution in [0.1, 0.15) is 25.3 Å². The number of phosphoric ester groups is 1. The van der Waals surface area contributed by atoms with Crippen molar-refractivity contribution in [3.8, 4) is 0 Å². The molecule has 0 radical (unpaired) electrons. The third-order valence-electron chi connectivity index (χ3n) is 7.37. The van der Waals surface area contributed by atoms with E-state index in [1.165, 1.54) is 10.9 Å². The molecule has 43 heavy (non-hydrogen) atoms. The Morgan fingerprint density at radius 3 is 2.67 bits per heavy atom. The molecule has 0 saturated carbocycles. The van der Waals surface area contributed by atoms with Gasteiger partial charge in [-0.25, -0.2) is 14.5 Å². The first-order valence-corrected chi connectivity index (χ1v) is 17.1. The number of hydrogen-bond acceptors (Lipinski definition) is 14. The Bertz CT molecular complexity index is 1870. The maximum absolute atomic E-state index is 13.1. The van der Waals surface area contributed by atoms with Gasteiger partial charge in [-0.1, -0.05) is 0 Å². The minimum absolute atomic E-state index is 0.00840. The number of anilines is 2. The van der Waals surface area contributed by atoms with Crippen LogP contribution in [0.5, 0.6) is 0 Å². The molecule has 3 fully saturated rings. The van der Waals surface area contributed by atoms with Crippen LogP contribution in [0.3, 0.4) is 0 Å². The van der Waals surface area contributed by atoms with Gasteiger partial charge in [0.05, 0.1) is 25.6 Å². The van der Waals surface area contributed by atoms with E-state index in [0.29, 0.717) is 16.7 Å². The molecule has 3 aliphatic heterocycles. The van der Waals surface area contributed by atoms with Gasteiger partial charge in [-0.05, 0) is 23.9 Å². The highest BCUT2D eigenvalue weighted by molar-refractivity contribution is 8.07. The quantitative estimate of drug-likeness (QED) is 0.189. The molecule has 7 heterocycles. The molecule has 4 aromatic heterocycles. The summed E-state index contributed by atoms with van der Waals surface area (Å²) in [6, 6.07) is 3.45. The highest BCUT2D eigenvalue weighted by Gasteiger charge is 2.46. The van der Waals surface area contributed by atoms with Crippen molar-refractivity contribution in [2.45, 2.75) is 49.7 Å². The lowest BCUT2D eigenvalue weighted by Crippen LogP contribution is -2.29. The number of H-pyrrole nitrogens is 1. The minimum Gasteiger partial charge on any atom is -0.398 e. The van der Waals surface area contributed by atoms with Gasteiger partial charge in [0.1, 0.15) is 30.2 Å². The number of nitrogen functional groups attached to an aromatic ring is 2. The third-order valence-corrected chi connectivity index (χ3v) is 9.97. The summed E-state index contributed by atoms with van der Waals surface area (Å²) in [5.74, 6) is -0.151. The highest BCUT2D eigenvalue weighted by atomic mass is 32.5. The van der Waals surface area contributed by atoms with Crippen molar-refractivity contribution >= 4 is 60.2 Å². The lowest BCUT2D eigenvalue weighted by Gasteiger charge is -2.27. The summed E-state index contributed by atoms with van der Waals surface area (Å²) in [7, 11) is -4.65. The Morgan fingerprint density at radius 2 is 1.84 bits per heavy atom. The molecule has 21 heteroatoms. The number of pyridine rings is 1. The van der Waals surface area contributed by atoms with Gasteiger partial charge in [0.15, 0.2) is 17.4 Å². The van der Waals surface area contributed by atoms with Crippen molar-refractivity contribution in [3.05, 3.63) is 41.2 Å². The van der Waals surface area contributed by atoms with Crippen LogP contribution in [0, 0.1) is 0 Å². The Labute approximate surface area is 246 Å². The zero-order valence-electron chi connectivity index (χ0n) is 22.0. The molecule has 3 aliphatic rings. The summed E-state index contributed by atoms with van der Waals surface area (Å²) >= 11 is 5.32. The van der Waals surface area contributed by atoms with Crippen LogP contribution in [0.15, 0.2) is 35.6 Å². The molecule has 7 rings (SSSR count). The van der Waals surface area contributed by atoms with E-state index in [9.17, 15) is 19.1 Å². The van der Waals surface area contributed by atoms with Gasteiger partial charge in [-0.3, -0.25) is 23.4 Å². The van der Waals surface area contributed by atoms with Crippen LogP contribution in [0.4, 0.5) is 11.6 Å². The molecule has 18 nitrogen and oxygen atoms in total. The van der Waals surface area contributed by atoms with Crippen molar-refractivity contribution in [1.82, 2.24) is 29.1 Å². The largest absolute Gasteiger partial charge is 0.472 e. The van der Waals surface area contributed by atoms with Gasteiger partial charge < -0.3 is 44.3 Å². The second-order valence-corrected chi connectivity index (χ2v) is 14.4. The van der Waals surface area contributed by atoms with Gasteiger partial charge in [-0.15, -0.1) is 0 Å². The molecule has 3 saturated heterocycles. The van der Waals surface area contributed by atoms with Gasteiger partial charge >= 0.3 is 14.5 Å². The third kappa shape index (κ3) is 5.51. The summed E-state index contributed by atoms with van der Waals surface area (Å²) in [5.41, 5.74) is 12.4. The van der Waals surface area contributed by atoms with Crippen molar-refractivity contribution in [3.63, 3.8) is 0 Å². The van der Waals surface area contributed by atoms with Crippen molar-refractivity contribution < 1.29 is 41.9 Å². The van der Waals surface area contributed by atoms with Crippen LogP contribution in [-0.4, -0.2) is 76.5 Å². The topological polar surface area (TPSA) is 246 Å². The number of nitrogens with zero attached hydrogens (tertiary/aromatic N) is 5. The first-order valence-electron chi connectivity index (χ1n) is 13.0. The number of phosphoric acid groups is 1. The van der Waals surface area contributed by atoms with E-state index in [2.05, 4.69) is 19.9 Å². The second-order valence-electron chi connectivity index (χ2n) is 10.2. The highest BCUT2D eigenvalue weighted by Crippen LogP contribution is 2.53. The molecule has 7 N–H and O–H groups in total. The molecule has 8 atom stereocenters. The number of hydrogen-bond donors (Lipinski definition) is 5. The van der Waals surface area contributed by atoms with E-state index in [0.717, 1.165) is 0 Å². The van der Waals surface area contributed by atoms with E-state index in [-0.39, 0.29) is 43.2 Å². The van der Waals surface area contributed by atoms with Crippen LogP contribution < -0.4 is 17.0 Å². The molecule has 2 unspecified atom stereocenters. The summed E-state index contributed by atoms with van der Waals surface area (Å²) in [4.78, 5) is 49.0. The molecule has 0 amide bonds. The first-order chi connectivity index (χ1) is 20.5. The summed E-state index contributed by atoms with van der Waals surface area (Å²) in [5, 5.41) is 0.707. The zero-order chi connectivity index (χ0) is 30.1. The average Bonchev–Trinajstić information content (AvgIpc) is 3.71. The number of imidazole rings is 1. The Kier molecular flexibility index (Phi) is 7.19. The van der Waals surface area contributed by atoms with Crippen LogP contribution in [-0.2, 0) is 43.9 Å². The zero-order valence-corrected chi connectivity index (χ0v) is 24.6. The molecule has 0 aliphatic carbocycles. The molecule has 0 aromatic carbocycles. The van der Waals surface area contributed by atoms with Crippen molar-refractivity contribution in [2.75, 3.05) is 24.7 Å². The van der Waals surface area contributed by atoms with Crippen molar-refractivity contribution in [1.29, 1.82) is 0 Å². The summed E-state index contributed by atoms with van der Waals surface area (Å²) < 4.78 is 50.8. The average molecular weight is 657 g/mol. The Hall–Kier alpha value is -2.80. The molecule has 230 valence electrons. The number of rotatable bonds is 2. The SMILES string of the molecule is Nc1nc2c(ncn2[C@@H]2O[C@@H]3COP(=O)(O)O[C@H]4C[C@H](n5ccc6c(N)ccnc65)O[C@@H]4COP(O)(=S)O[C@@H]2C3)c(=O)[nH]1. The first kappa shape index (κ1) is 28.9. The van der Waals surface area contributed by atoms with Crippen LogP contribution in [0.2, 0.25) is 0 Å². The van der Waals surface area contributed by atoms with E-state index in [1.807, 2.05) is 0 Å². The number of aromatic nitrogens is 6. The molecular formula is C22H26N8O10P2S. The molecular weight excluding hydrogens is 630 g/mol. The van der Waals surface area contributed by atoms with Gasteiger partial charge in [0, 0.05) is 36.3 Å². The molecule has 2 bridgehead atoms. The fourth-order valence-corrected chi connectivity index (χ4v) is 7.91. The maximum atomic E-state index is 13.1. The van der Waals surface area contributed by atoms with Gasteiger partial charge in [0.2, 0.25) is 5.95 Å². The summed E-state index contributed by atoms with van der Waals surface area (Å²) in [6.07, 6.45) is -0.671. The van der Waals surface area contributed by atoms with Crippen LogP contribution in [0.25, 0.3) is 22.2 Å². The van der Waals surface area contributed by atoms with Gasteiger partial charge in [0.25, 0.3) is 5.56 Å². The molecule has 4 aromatic rings. The van der Waals surface area contributed by atoms with Crippen molar-refractivity contribution in [2.24, 2.45) is 0 Å². The predicted molar refractivity (Wildman–Crippen MR) is 152 cm³/mol. The number of nitrogens with two attached hydrogens (primary N) is 2. The second kappa shape index (κ2) is 10.7. The fraction of sp³-hybridized carbons (Fsp3) is 0.455. The fourth-order valence-electron chi connectivity index (χ4n) is 5.48. The van der Waals surface area contributed by atoms with E-state index in [4.69, 9.17) is 50.8 Å². The standard InChI is InChI=1S/C22H26N8O10P2S/c23-12-1-3-25-18-11(12)2-4-29(18)16-6-13-15(38-16)8-36-42(34,43)40-14-5-10(7-35-41(32,33)39-13)37-21(14)30-9-26-17-19(30)27-22(24)28-20(17)31/h1-4,9-10,13-16,21H,5-8H2,(H2,23,25)(H,32,33)(H,34,43)(H3,24,27,28,31)/t10-,13-,14+,15+,16+,21+,42?/m0/s1. The Balaban J connectivity index is 1.17. The lowest BCUT2D eigenvalue weighted by atomic mass is 10.2. The monoisotopic (exact) mass is 656 g/mol. The van der Waals surface area contributed by atoms with E-state index in [1.54, 1.807) is 29.1 Å². The number of aromatic amines is 1. The maximum Gasteiger partial charge on any atom is 0.472 e. The smallest absolute Gasteiger partial charge is 0.398 e. The van der Waals surface area contributed by atoms with Gasteiger partial charge in [-0.2, -0.15) is 4.98 Å². The van der Waals surface area contributed by atoms with E-state index >= 15 is 0 Å². The van der Waals surface area contributed by atoms with E-state index < -0.39 is 57.0 Å². The number of fused-ring (bicyclic) bond motifs is 5. The van der Waals surface area contributed by atoms with Crippen LogP contribution >= 0.6 is 14.5 Å². The minimum atomic E-state index is -4.65. The Morgan fingerprint density at radius 1 is 1.00 bits per heavy atom.